The lowest BCUT2D eigenvalue weighted by Crippen LogP contribution is -2.45. The molecule has 0 bridgehead atoms. The molecular formula is C19H24N2O5. The first-order valence-electron chi connectivity index (χ1n) is 8.95. The summed E-state index contributed by atoms with van der Waals surface area (Å²) in [4.78, 5) is 31.6. The van der Waals surface area contributed by atoms with Crippen molar-refractivity contribution in [3.63, 3.8) is 0 Å². The number of hydrogen-bond acceptors (Lipinski definition) is 6. The lowest BCUT2D eigenvalue weighted by atomic mass is 9.96. The Bertz CT molecular complexity index is 678. The summed E-state index contributed by atoms with van der Waals surface area (Å²) >= 11 is 0. The van der Waals surface area contributed by atoms with E-state index in [1.165, 1.54) is 0 Å². The van der Waals surface area contributed by atoms with Crippen molar-refractivity contribution in [3.05, 3.63) is 29.8 Å². The second kappa shape index (κ2) is 8.21. The molecule has 26 heavy (non-hydrogen) atoms. The number of piperidine rings is 1. The number of methoxy groups -OCH3 is 1. The van der Waals surface area contributed by atoms with Crippen LogP contribution in [0.15, 0.2) is 29.4 Å². The number of benzene rings is 1. The van der Waals surface area contributed by atoms with Gasteiger partial charge in [0, 0.05) is 19.5 Å². The summed E-state index contributed by atoms with van der Waals surface area (Å²) < 4.78 is 10.2. The van der Waals surface area contributed by atoms with Crippen molar-refractivity contribution in [2.24, 2.45) is 11.1 Å². The van der Waals surface area contributed by atoms with E-state index in [-0.39, 0.29) is 17.8 Å². The summed E-state index contributed by atoms with van der Waals surface area (Å²) in [5.74, 6) is 0.418. The maximum Gasteiger partial charge on any atom is 0.309 e. The molecule has 0 saturated carbocycles. The van der Waals surface area contributed by atoms with E-state index in [0.717, 1.165) is 17.0 Å². The van der Waals surface area contributed by atoms with Gasteiger partial charge in [0.2, 0.25) is 6.10 Å². The molecule has 1 atom stereocenters. The number of carbonyl (C=O) groups is 2. The molecule has 3 rings (SSSR count). The van der Waals surface area contributed by atoms with Gasteiger partial charge in [-0.1, -0.05) is 5.16 Å². The largest absolute Gasteiger partial charge is 0.497 e. The molecule has 0 aliphatic carbocycles. The van der Waals surface area contributed by atoms with Gasteiger partial charge in [-0.3, -0.25) is 9.59 Å². The molecule has 1 aromatic carbocycles. The van der Waals surface area contributed by atoms with Gasteiger partial charge >= 0.3 is 5.97 Å². The predicted octanol–water partition coefficient (Wildman–Crippen LogP) is 1.99. The Kier molecular flexibility index (Phi) is 5.75. The van der Waals surface area contributed by atoms with Crippen LogP contribution < -0.4 is 4.74 Å². The Labute approximate surface area is 152 Å². The van der Waals surface area contributed by atoms with Crippen LogP contribution in [0.1, 0.15) is 31.7 Å². The van der Waals surface area contributed by atoms with Crippen LogP contribution in [0, 0.1) is 5.92 Å². The van der Waals surface area contributed by atoms with Gasteiger partial charge in [-0.2, -0.15) is 0 Å². The number of oxime groups is 1. The van der Waals surface area contributed by atoms with Crippen molar-refractivity contribution >= 4 is 17.6 Å². The van der Waals surface area contributed by atoms with Gasteiger partial charge in [0.15, 0.2) is 0 Å². The number of ether oxygens (including phenoxy) is 2. The first kappa shape index (κ1) is 18.2. The first-order valence-corrected chi connectivity index (χ1v) is 8.95. The first-order chi connectivity index (χ1) is 12.6. The molecule has 1 unspecified atom stereocenters. The molecule has 140 valence electrons. The third kappa shape index (κ3) is 3.98. The van der Waals surface area contributed by atoms with Crippen LogP contribution in [-0.2, 0) is 19.2 Å². The van der Waals surface area contributed by atoms with Crippen molar-refractivity contribution in [2.45, 2.75) is 32.3 Å². The SMILES string of the molecule is CCOC(=O)C1CCN(C(=O)C2CC(c3ccc(OC)cc3)=NO2)CC1. The second-order valence-corrected chi connectivity index (χ2v) is 6.42. The number of hydrogen-bond donors (Lipinski definition) is 0. The number of esters is 1. The Hall–Kier alpha value is -2.57. The van der Waals surface area contributed by atoms with Crippen molar-refractivity contribution in [3.8, 4) is 5.75 Å². The van der Waals surface area contributed by atoms with Crippen molar-refractivity contribution in [1.82, 2.24) is 4.90 Å². The summed E-state index contributed by atoms with van der Waals surface area (Å²) in [5.41, 5.74) is 1.68. The number of likely N-dealkylation sites (tertiary alicyclic amines) is 1. The second-order valence-electron chi connectivity index (χ2n) is 6.42. The van der Waals surface area contributed by atoms with Gasteiger partial charge in [0.1, 0.15) is 5.75 Å². The molecule has 0 aromatic heterocycles. The minimum absolute atomic E-state index is 0.0698. The van der Waals surface area contributed by atoms with Gasteiger partial charge < -0.3 is 19.2 Å². The van der Waals surface area contributed by atoms with E-state index >= 15 is 0 Å². The van der Waals surface area contributed by atoms with E-state index in [0.29, 0.717) is 39.0 Å². The molecule has 0 N–H and O–H groups in total. The van der Waals surface area contributed by atoms with Crippen LogP contribution in [0.4, 0.5) is 0 Å². The number of carbonyl (C=O) groups excluding carboxylic acids is 2. The highest BCUT2D eigenvalue weighted by Crippen LogP contribution is 2.24. The fourth-order valence-electron chi connectivity index (χ4n) is 3.26. The van der Waals surface area contributed by atoms with E-state index in [2.05, 4.69) is 5.16 Å². The molecular weight excluding hydrogens is 336 g/mol. The van der Waals surface area contributed by atoms with Gasteiger partial charge in [-0.25, -0.2) is 0 Å². The lowest BCUT2D eigenvalue weighted by Gasteiger charge is -2.31. The van der Waals surface area contributed by atoms with Crippen molar-refractivity contribution in [1.29, 1.82) is 0 Å². The molecule has 2 heterocycles. The lowest BCUT2D eigenvalue weighted by molar-refractivity contribution is -0.153. The molecule has 7 heteroatoms. The van der Waals surface area contributed by atoms with Crippen LogP contribution in [0.25, 0.3) is 0 Å². The van der Waals surface area contributed by atoms with Crippen LogP contribution in [-0.4, -0.2) is 55.4 Å². The summed E-state index contributed by atoms with van der Waals surface area (Å²) in [6.45, 7) is 3.27. The molecule has 0 spiro atoms. The Balaban J connectivity index is 1.52. The zero-order valence-corrected chi connectivity index (χ0v) is 15.1. The molecule has 2 aliphatic rings. The monoisotopic (exact) mass is 360 g/mol. The van der Waals surface area contributed by atoms with E-state index in [4.69, 9.17) is 14.3 Å². The zero-order chi connectivity index (χ0) is 18.5. The van der Waals surface area contributed by atoms with E-state index in [1.54, 1.807) is 18.9 Å². The predicted molar refractivity (Wildman–Crippen MR) is 95.0 cm³/mol. The summed E-state index contributed by atoms with van der Waals surface area (Å²) in [5, 5.41) is 4.08. The average molecular weight is 360 g/mol. The molecule has 7 nitrogen and oxygen atoms in total. The molecule has 1 amide bonds. The third-order valence-electron chi connectivity index (χ3n) is 4.79. The summed E-state index contributed by atoms with van der Waals surface area (Å²) in [6.07, 6.45) is 1.11. The standard InChI is InChI=1S/C19H24N2O5/c1-3-25-19(23)14-8-10-21(11-9-14)18(22)17-12-16(20-26-17)13-4-6-15(24-2)7-5-13/h4-7,14,17H,3,8-12H2,1-2H3. The summed E-state index contributed by atoms with van der Waals surface area (Å²) in [6, 6.07) is 7.51. The van der Waals surface area contributed by atoms with E-state index < -0.39 is 6.10 Å². The zero-order valence-electron chi connectivity index (χ0n) is 15.1. The highest BCUT2D eigenvalue weighted by molar-refractivity contribution is 6.04. The van der Waals surface area contributed by atoms with Gasteiger partial charge in [-0.05, 0) is 49.6 Å². The van der Waals surface area contributed by atoms with Crippen LogP contribution >= 0.6 is 0 Å². The molecule has 2 aliphatic heterocycles. The van der Waals surface area contributed by atoms with Gasteiger partial charge in [-0.15, -0.1) is 0 Å². The smallest absolute Gasteiger partial charge is 0.309 e. The topological polar surface area (TPSA) is 77.4 Å². The molecule has 1 aromatic rings. The quantitative estimate of drug-likeness (QED) is 0.751. The van der Waals surface area contributed by atoms with Crippen molar-refractivity contribution in [2.75, 3.05) is 26.8 Å². The minimum Gasteiger partial charge on any atom is -0.497 e. The average Bonchev–Trinajstić information content (AvgIpc) is 3.18. The van der Waals surface area contributed by atoms with Gasteiger partial charge in [0.05, 0.1) is 25.3 Å². The maximum absolute atomic E-state index is 12.7. The highest BCUT2D eigenvalue weighted by atomic mass is 16.6. The minimum atomic E-state index is -0.591. The number of rotatable bonds is 5. The number of nitrogens with zero attached hydrogens (tertiary/aromatic N) is 2. The van der Waals surface area contributed by atoms with Crippen LogP contribution in [0.3, 0.4) is 0 Å². The Morgan fingerprint density at radius 3 is 2.54 bits per heavy atom. The van der Waals surface area contributed by atoms with E-state index in [9.17, 15) is 9.59 Å². The van der Waals surface area contributed by atoms with Crippen LogP contribution in [0.2, 0.25) is 0 Å². The highest BCUT2D eigenvalue weighted by Gasteiger charge is 2.35. The Morgan fingerprint density at radius 2 is 1.92 bits per heavy atom. The third-order valence-corrected chi connectivity index (χ3v) is 4.79. The molecule has 1 fully saturated rings. The fraction of sp³-hybridized carbons (Fsp3) is 0.526. The fourth-order valence-corrected chi connectivity index (χ4v) is 3.26. The Morgan fingerprint density at radius 1 is 1.23 bits per heavy atom. The van der Waals surface area contributed by atoms with Crippen molar-refractivity contribution < 1.29 is 23.9 Å². The van der Waals surface area contributed by atoms with Crippen LogP contribution in [0.5, 0.6) is 5.75 Å². The summed E-state index contributed by atoms with van der Waals surface area (Å²) in [7, 11) is 1.62. The number of amides is 1. The van der Waals surface area contributed by atoms with E-state index in [1.807, 2.05) is 24.3 Å². The molecule has 1 saturated heterocycles. The normalized spacial score (nSPS) is 20.3. The van der Waals surface area contributed by atoms with Gasteiger partial charge in [0.25, 0.3) is 5.91 Å². The maximum atomic E-state index is 12.7. The molecule has 0 radical (unpaired) electrons.